The second-order valence-corrected chi connectivity index (χ2v) is 5.27. The average Bonchev–Trinajstić information content (AvgIpc) is 2.49. The molecule has 0 radical (unpaired) electrons. The molecule has 1 saturated heterocycles. The second kappa shape index (κ2) is 7.17. The van der Waals surface area contributed by atoms with Crippen molar-refractivity contribution in [1.82, 2.24) is 4.90 Å². The SMILES string of the molecule is CCOC(=O)N(C)Cc1ccc(N2CCCCC2)cc1. The molecule has 0 unspecified atom stereocenters. The van der Waals surface area contributed by atoms with Gasteiger partial charge in [-0.15, -0.1) is 0 Å². The predicted octanol–water partition coefficient (Wildman–Crippen LogP) is 3.27. The Hall–Kier alpha value is -1.71. The third-order valence-corrected chi connectivity index (χ3v) is 3.66. The monoisotopic (exact) mass is 276 g/mol. The van der Waals surface area contributed by atoms with Crippen LogP contribution in [-0.2, 0) is 11.3 Å². The van der Waals surface area contributed by atoms with Gasteiger partial charge in [-0.05, 0) is 43.9 Å². The molecule has 1 aromatic rings. The van der Waals surface area contributed by atoms with E-state index >= 15 is 0 Å². The average molecular weight is 276 g/mol. The van der Waals surface area contributed by atoms with Gasteiger partial charge in [0.15, 0.2) is 0 Å². The van der Waals surface area contributed by atoms with Crippen molar-refractivity contribution in [3.05, 3.63) is 29.8 Å². The minimum absolute atomic E-state index is 0.271. The highest BCUT2D eigenvalue weighted by molar-refractivity contribution is 5.67. The van der Waals surface area contributed by atoms with Gasteiger partial charge in [0.2, 0.25) is 0 Å². The highest BCUT2D eigenvalue weighted by atomic mass is 16.5. The van der Waals surface area contributed by atoms with Gasteiger partial charge in [0.05, 0.1) is 6.61 Å². The van der Waals surface area contributed by atoms with Crippen LogP contribution >= 0.6 is 0 Å². The van der Waals surface area contributed by atoms with E-state index in [4.69, 9.17) is 4.74 Å². The molecule has 20 heavy (non-hydrogen) atoms. The molecule has 0 N–H and O–H groups in total. The Bertz CT molecular complexity index is 425. The normalized spacial score (nSPS) is 15.0. The maximum Gasteiger partial charge on any atom is 0.409 e. The van der Waals surface area contributed by atoms with E-state index in [-0.39, 0.29) is 6.09 Å². The molecule has 0 atom stereocenters. The Kier molecular flexibility index (Phi) is 5.27. The molecular formula is C16H24N2O2. The van der Waals surface area contributed by atoms with E-state index in [1.807, 2.05) is 6.92 Å². The summed E-state index contributed by atoms with van der Waals surface area (Å²) < 4.78 is 4.97. The van der Waals surface area contributed by atoms with E-state index in [1.54, 1.807) is 11.9 Å². The van der Waals surface area contributed by atoms with Crippen LogP contribution in [0.2, 0.25) is 0 Å². The van der Waals surface area contributed by atoms with Gasteiger partial charge in [-0.1, -0.05) is 12.1 Å². The molecule has 1 aliphatic rings. The zero-order valence-corrected chi connectivity index (χ0v) is 12.5. The van der Waals surface area contributed by atoms with Crippen LogP contribution in [-0.4, -0.2) is 37.7 Å². The molecule has 0 spiro atoms. The van der Waals surface area contributed by atoms with Crippen molar-refractivity contribution in [3.8, 4) is 0 Å². The van der Waals surface area contributed by atoms with Crippen LogP contribution in [0.1, 0.15) is 31.7 Å². The number of amides is 1. The lowest BCUT2D eigenvalue weighted by molar-refractivity contribution is 0.114. The van der Waals surface area contributed by atoms with Crippen molar-refractivity contribution in [3.63, 3.8) is 0 Å². The van der Waals surface area contributed by atoms with Crippen LogP contribution in [0.4, 0.5) is 10.5 Å². The van der Waals surface area contributed by atoms with Crippen LogP contribution in [0.3, 0.4) is 0 Å². The first kappa shape index (κ1) is 14.7. The smallest absolute Gasteiger partial charge is 0.409 e. The van der Waals surface area contributed by atoms with Gasteiger partial charge in [0, 0.05) is 32.4 Å². The van der Waals surface area contributed by atoms with E-state index in [0.717, 1.165) is 18.7 Å². The molecule has 0 saturated carbocycles. The molecule has 4 nitrogen and oxygen atoms in total. The van der Waals surface area contributed by atoms with Crippen molar-refractivity contribution in [2.45, 2.75) is 32.7 Å². The van der Waals surface area contributed by atoms with Gasteiger partial charge in [-0.25, -0.2) is 4.79 Å². The summed E-state index contributed by atoms with van der Waals surface area (Å²) in [6.45, 7) is 5.12. The van der Waals surface area contributed by atoms with Crippen LogP contribution < -0.4 is 4.90 Å². The first-order valence-corrected chi connectivity index (χ1v) is 7.42. The summed E-state index contributed by atoms with van der Waals surface area (Å²) in [6, 6.07) is 8.50. The standard InChI is InChI=1S/C16H24N2O2/c1-3-20-16(19)17(2)13-14-7-9-15(10-8-14)18-11-5-4-6-12-18/h7-10H,3-6,11-13H2,1-2H3. The van der Waals surface area contributed by atoms with Gasteiger partial charge < -0.3 is 14.5 Å². The van der Waals surface area contributed by atoms with E-state index in [1.165, 1.54) is 24.9 Å². The van der Waals surface area contributed by atoms with Crippen molar-refractivity contribution in [2.75, 3.05) is 31.6 Å². The number of hydrogen-bond acceptors (Lipinski definition) is 3. The second-order valence-electron chi connectivity index (χ2n) is 5.27. The third kappa shape index (κ3) is 3.89. The molecule has 0 aromatic heterocycles. The van der Waals surface area contributed by atoms with Gasteiger partial charge in [0.1, 0.15) is 0 Å². The Morgan fingerprint density at radius 1 is 1.20 bits per heavy atom. The number of anilines is 1. The summed E-state index contributed by atoms with van der Waals surface area (Å²) in [6.07, 6.45) is 3.65. The largest absolute Gasteiger partial charge is 0.450 e. The zero-order chi connectivity index (χ0) is 14.4. The van der Waals surface area contributed by atoms with Crippen LogP contribution in [0.25, 0.3) is 0 Å². The molecule has 2 rings (SSSR count). The maximum absolute atomic E-state index is 11.6. The van der Waals surface area contributed by atoms with Crippen molar-refractivity contribution < 1.29 is 9.53 Å². The summed E-state index contributed by atoms with van der Waals surface area (Å²) >= 11 is 0. The van der Waals surface area contributed by atoms with Crippen molar-refractivity contribution in [1.29, 1.82) is 0 Å². The molecule has 4 heteroatoms. The number of hydrogen-bond donors (Lipinski definition) is 0. The molecular weight excluding hydrogens is 252 g/mol. The van der Waals surface area contributed by atoms with Crippen LogP contribution in [0.15, 0.2) is 24.3 Å². The topological polar surface area (TPSA) is 32.8 Å². The van der Waals surface area contributed by atoms with E-state index in [9.17, 15) is 4.79 Å². The van der Waals surface area contributed by atoms with E-state index in [0.29, 0.717) is 13.2 Å². The minimum atomic E-state index is -0.271. The summed E-state index contributed by atoms with van der Waals surface area (Å²) in [7, 11) is 1.76. The Labute approximate surface area is 121 Å². The van der Waals surface area contributed by atoms with Crippen molar-refractivity contribution >= 4 is 11.8 Å². The van der Waals surface area contributed by atoms with Gasteiger partial charge in [0.25, 0.3) is 0 Å². The van der Waals surface area contributed by atoms with E-state index in [2.05, 4.69) is 29.2 Å². The summed E-state index contributed by atoms with van der Waals surface area (Å²) in [5.74, 6) is 0. The molecule has 1 aromatic carbocycles. The lowest BCUT2D eigenvalue weighted by Gasteiger charge is -2.29. The first-order chi connectivity index (χ1) is 9.70. The summed E-state index contributed by atoms with van der Waals surface area (Å²) in [5.41, 5.74) is 2.41. The van der Waals surface area contributed by atoms with Gasteiger partial charge in [-0.2, -0.15) is 0 Å². The fraction of sp³-hybridized carbons (Fsp3) is 0.562. The fourth-order valence-electron chi connectivity index (χ4n) is 2.54. The van der Waals surface area contributed by atoms with Crippen LogP contribution in [0, 0.1) is 0 Å². The Morgan fingerprint density at radius 3 is 2.45 bits per heavy atom. The summed E-state index contributed by atoms with van der Waals surface area (Å²) in [4.78, 5) is 15.6. The Morgan fingerprint density at radius 2 is 1.85 bits per heavy atom. The van der Waals surface area contributed by atoms with Crippen molar-refractivity contribution in [2.24, 2.45) is 0 Å². The summed E-state index contributed by atoms with van der Waals surface area (Å²) in [5, 5.41) is 0. The highest BCUT2D eigenvalue weighted by Gasteiger charge is 2.12. The van der Waals surface area contributed by atoms with E-state index < -0.39 is 0 Å². The minimum Gasteiger partial charge on any atom is -0.450 e. The number of ether oxygens (including phenoxy) is 1. The first-order valence-electron chi connectivity index (χ1n) is 7.42. The third-order valence-electron chi connectivity index (χ3n) is 3.66. The van der Waals surface area contributed by atoms with Crippen LogP contribution in [0.5, 0.6) is 0 Å². The Balaban J connectivity index is 1.92. The highest BCUT2D eigenvalue weighted by Crippen LogP contribution is 2.20. The molecule has 1 amide bonds. The number of carbonyl (C=O) groups is 1. The number of piperidine rings is 1. The maximum atomic E-state index is 11.6. The fourth-order valence-corrected chi connectivity index (χ4v) is 2.54. The molecule has 0 aliphatic carbocycles. The van der Waals surface area contributed by atoms with Gasteiger partial charge >= 0.3 is 6.09 Å². The van der Waals surface area contributed by atoms with Gasteiger partial charge in [-0.3, -0.25) is 0 Å². The molecule has 1 aliphatic heterocycles. The molecule has 0 bridgehead atoms. The zero-order valence-electron chi connectivity index (χ0n) is 12.5. The number of nitrogens with zero attached hydrogens (tertiary/aromatic N) is 2. The quantitative estimate of drug-likeness (QED) is 0.846. The lowest BCUT2D eigenvalue weighted by Crippen LogP contribution is -2.29. The number of carbonyl (C=O) groups excluding carboxylic acids is 1. The lowest BCUT2D eigenvalue weighted by atomic mass is 10.1. The molecule has 1 fully saturated rings. The molecule has 110 valence electrons. The predicted molar refractivity (Wildman–Crippen MR) is 81.0 cm³/mol. The number of rotatable bonds is 4. The molecule has 1 heterocycles. The number of benzene rings is 1.